The highest BCUT2D eigenvalue weighted by Crippen LogP contribution is 2.23. The first-order valence-corrected chi connectivity index (χ1v) is 7.66. The minimum Gasteiger partial charge on any atom is -0.489 e. The van der Waals surface area contributed by atoms with E-state index in [2.05, 4.69) is 26.7 Å². The van der Waals surface area contributed by atoms with Crippen molar-refractivity contribution >= 4 is 11.3 Å². The lowest BCUT2D eigenvalue weighted by Gasteiger charge is -2.17. The molecule has 0 saturated carbocycles. The van der Waals surface area contributed by atoms with Gasteiger partial charge in [0.1, 0.15) is 5.75 Å². The van der Waals surface area contributed by atoms with Crippen molar-refractivity contribution < 1.29 is 4.74 Å². The second kappa shape index (κ2) is 6.81. The fourth-order valence-corrected chi connectivity index (χ4v) is 2.84. The van der Waals surface area contributed by atoms with E-state index in [0.29, 0.717) is 0 Å². The summed E-state index contributed by atoms with van der Waals surface area (Å²) in [5.74, 6) is 0.813. The average Bonchev–Trinajstić information content (AvgIpc) is 2.81. The van der Waals surface area contributed by atoms with Crippen molar-refractivity contribution in [2.45, 2.75) is 39.3 Å². The van der Waals surface area contributed by atoms with E-state index >= 15 is 0 Å². The second-order valence-corrected chi connectivity index (χ2v) is 5.99. The Morgan fingerprint density at radius 2 is 2.15 bits per heavy atom. The summed E-state index contributed by atoms with van der Waals surface area (Å²) in [4.78, 5) is 8.79. The molecule has 20 heavy (non-hydrogen) atoms. The maximum Gasteiger partial charge on any atom is 0.138 e. The maximum absolute atomic E-state index is 5.70. The summed E-state index contributed by atoms with van der Waals surface area (Å²) < 4.78 is 5.70. The molecule has 0 amide bonds. The van der Waals surface area contributed by atoms with Gasteiger partial charge in [-0.1, -0.05) is 0 Å². The Hall–Kier alpha value is -1.46. The van der Waals surface area contributed by atoms with Crippen LogP contribution in [0.3, 0.4) is 0 Å². The highest BCUT2D eigenvalue weighted by atomic mass is 32.1. The molecule has 0 aliphatic rings. The Morgan fingerprint density at radius 3 is 2.75 bits per heavy atom. The monoisotopic (exact) mass is 291 g/mol. The van der Waals surface area contributed by atoms with Crippen molar-refractivity contribution in [3.63, 3.8) is 0 Å². The molecule has 2 rings (SSSR count). The number of nitrogens with one attached hydrogen (secondary N) is 1. The van der Waals surface area contributed by atoms with Crippen LogP contribution in [-0.4, -0.2) is 23.1 Å². The Bertz CT molecular complexity index is 554. The fourth-order valence-electron chi connectivity index (χ4n) is 2.02. The summed E-state index contributed by atoms with van der Waals surface area (Å²) in [6.07, 6.45) is 4.65. The third kappa shape index (κ3) is 4.02. The second-order valence-electron chi connectivity index (χ2n) is 5.05. The number of hydrogen-bond acceptors (Lipinski definition) is 5. The third-order valence-corrected chi connectivity index (χ3v) is 3.89. The molecule has 1 atom stereocenters. The number of ether oxygens (including phenoxy) is 1. The van der Waals surface area contributed by atoms with Gasteiger partial charge in [0.05, 0.1) is 17.3 Å². The van der Waals surface area contributed by atoms with Gasteiger partial charge in [0, 0.05) is 29.7 Å². The van der Waals surface area contributed by atoms with Crippen molar-refractivity contribution in [2.24, 2.45) is 0 Å². The number of aryl methyl sites for hydroxylation is 1. The maximum atomic E-state index is 5.70. The summed E-state index contributed by atoms with van der Waals surface area (Å²) in [5, 5.41) is 6.55. The standard InChI is InChI=1S/C15H21N3OS/c1-10(2)19-13-5-12(7-17-8-13)14(16-4)6-15-18-11(3)9-20-15/h5,7-10,14,16H,6H2,1-4H3. The van der Waals surface area contributed by atoms with E-state index in [0.717, 1.165) is 28.4 Å². The Balaban J connectivity index is 2.14. The van der Waals surface area contributed by atoms with Crippen LogP contribution in [0.2, 0.25) is 0 Å². The van der Waals surface area contributed by atoms with Crippen molar-refractivity contribution in [2.75, 3.05) is 7.05 Å². The van der Waals surface area contributed by atoms with Gasteiger partial charge in [-0.15, -0.1) is 11.3 Å². The molecule has 5 heteroatoms. The van der Waals surface area contributed by atoms with E-state index in [1.807, 2.05) is 34.0 Å². The molecule has 0 saturated heterocycles. The largest absolute Gasteiger partial charge is 0.489 e. The molecule has 0 radical (unpaired) electrons. The average molecular weight is 291 g/mol. The van der Waals surface area contributed by atoms with Gasteiger partial charge in [-0.3, -0.25) is 4.98 Å². The molecule has 0 aliphatic carbocycles. The highest BCUT2D eigenvalue weighted by Gasteiger charge is 2.14. The lowest BCUT2D eigenvalue weighted by Crippen LogP contribution is -2.19. The highest BCUT2D eigenvalue weighted by molar-refractivity contribution is 7.09. The number of rotatable bonds is 6. The molecular weight excluding hydrogens is 270 g/mol. The molecule has 2 aromatic heterocycles. The van der Waals surface area contributed by atoms with Crippen LogP contribution in [-0.2, 0) is 6.42 Å². The quantitative estimate of drug-likeness (QED) is 0.888. The molecule has 0 spiro atoms. The van der Waals surface area contributed by atoms with E-state index in [9.17, 15) is 0 Å². The molecule has 4 nitrogen and oxygen atoms in total. The molecule has 1 N–H and O–H groups in total. The molecule has 0 bridgehead atoms. The molecule has 0 fully saturated rings. The summed E-state index contributed by atoms with van der Waals surface area (Å²) >= 11 is 1.70. The van der Waals surface area contributed by atoms with Gasteiger partial charge >= 0.3 is 0 Å². The Labute approximate surface area is 124 Å². The molecule has 2 heterocycles. The molecular formula is C15H21N3OS. The first-order valence-electron chi connectivity index (χ1n) is 6.78. The van der Waals surface area contributed by atoms with Crippen molar-refractivity contribution in [1.82, 2.24) is 15.3 Å². The van der Waals surface area contributed by atoms with E-state index in [-0.39, 0.29) is 12.1 Å². The lowest BCUT2D eigenvalue weighted by atomic mass is 10.1. The predicted octanol–water partition coefficient (Wildman–Crippen LogP) is 3.14. The van der Waals surface area contributed by atoms with Gasteiger partial charge in [-0.05, 0) is 39.4 Å². The lowest BCUT2D eigenvalue weighted by molar-refractivity contribution is 0.241. The van der Waals surface area contributed by atoms with Gasteiger partial charge in [0.2, 0.25) is 0 Å². The summed E-state index contributed by atoms with van der Waals surface area (Å²) in [6, 6.07) is 2.25. The van der Waals surface area contributed by atoms with Gasteiger partial charge < -0.3 is 10.1 Å². The fraction of sp³-hybridized carbons (Fsp3) is 0.467. The van der Waals surface area contributed by atoms with E-state index in [1.54, 1.807) is 17.5 Å². The molecule has 1 unspecified atom stereocenters. The van der Waals surface area contributed by atoms with Crippen LogP contribution in [0.1, 0.15) is 36.2 Å². The minimum absolute atomic E-state index is 0.154. The van der Waals surface area contributed by atoms with Crippen LogP contribution in [0.25, 0.3) is 0 Å². The number of aromatic nitrogens is 2. The topological polar surface area (TPSA) is 47.0 Å². The minimum atomic E-state index is 0.154. The first kappa shape index (κ1) is 14.9. The predicted molar refractivity (Wildman–Crippen MR) is 82.4 cm³/mol. The first-order chi connectivity index (χ1) is 9.58. The number of likely N-dealkylation sites (N-methyl/N-ethyl adjacent to an activating group) is 1. The summed E-state index contributed by atoms with van der Waals surface area (Å²) in [5.41, 5.74) is 2.20. The smallest absolute Gasteiger partial charge is 0.138 e. The van der Waals surface area contributed by atoms with Crippen LogP contribution in [0.4, 0.5) is 0 Å². The number of thiazole rings is 1. The molecule has 0 aromatic carbocycles. The van der Waals surface area contributed by atoms with E-state index in [1.165, 1.54) is 0 Å². The van der Waals surface area contributed by atoms with Crippen LogP contribution in [0.15, 0.2) is 23.8 Å². The zero-order valence-electron chi connectivity index (χ0n) is 12.4. The zero-order valence-corrected chi connectivity index (χ0v) is 13.2. The molecule has 108 valence electrons. The van der Waals surface area contributed by atoms with Crippen LogP contribution >= 0.6 is 11.3 Å². The molecule has 0 aliphatic heterocycles. The van der Waals surface area contributed by atoms with E-state index < -0.39 is 0 Å². The Kier molecular flexibility index (Phi) is 5.09. The number of pyridine rings is 1. The normalized spacial score (nSPS) is 12.7. The van der Waals surface area contributed by atoms with Crippen LogP contribution in [0, 0.1) is 6.92 Å². The van der Waals surface area contributed by atoms with Gasteiger partial charge in [-0.2, -0.15) is 0 Å². The third-order valence-electron chi connectivity index (χ3n) is 2.90. The SMILES string of the molecule is CNC(Cc1nc(C)cs1)c1cncc(OC(C)C)c1. The van der Waals surface area contributed by atoms with Crippen molar-refractivity contribution in [1.29, 1.82) is 0 Å². The number of hydrogen-bond donors (Lipinski definition) is 1. The van der Waals surface area contributed by atoms with Crippen LogP contribution < -0.4 is 10.1 Å². The Morgan fingerprint density at radius 1 is 1.35 bits per heavy atom. The summed E-state index contributed by atoms with van der Waals surface area (Å²) in [7, 11) is 1.96. The van der Waals surface area contributed by atoms with Gasteiger partial charge in [0.25, 0.3) is 0 Å². The molecule has 2 aromatic rings. The zero-order chi connectivity index (χ0) is 14.5. The summed E-state index contributed by atoms with van der Waals surface area (Å²) in [6.45, 7) is 6.05. The van der Waals surface area contributed by atoms with Gasteiger partial charge in [-0.25, -0.2) is 4.98 Å². The van der Waals surface area contributed by atoms with Crippen molar-refractivity contribution in [3.05, 3.63) is 40.1 Å². The van der Waals surface area contributed by atoms with E-state index in [4.69, 9.17) is 4.74 Å². The number of nitrogens with zero attached hydrogens (tertiary/aromatic N) is 2. The van der Waals surface area contributed by atoms with Crippen molar-refractivity contribution in [3.8, 4) is 5.75 Å². The van der Waals surface area contributed by atoms with Crippen LogP contribution in [0.5, 0.6) is 5.75 Å². The van der Waals surface area contributed by atoms with Gasteiger partial charge in [0.15, 0.2) is 0 Å².